The number of nitrogens with two attached hydrogens (primary N) is 1. The molecule has 5 nitrogen and oxygen atoms in total. The van der Waals surface area contributed by atoms with E-state index in [-0.39, 0.29) is 18.9 Å². The zero-order valence-corrected chi connectivity index (χ0v) is 17.4. The number of carbonyl (C=O) groups is 1. The van der Waals surface area contributed by atoms with Gasteiger partial charge in [-0.3, -0.25) is 9.20 Å². The van der Waals surface area contributed by atoms with Crippen molar-refractivity contribution in [2.24, 2.45) is 11.7 Å². The third kappa shape index (κ3) is 3.89. The van der Waals surface area contributed by atoms with Crippen LogP contribution in [0.1, 0.15) is 33.8 Å². The second-order valence-corrected chi connectivity index (χ2v) is 9.12. The van der Waals surface area contributed by atoms with Gasteiger partial charge < -0.3 is 11.1 Å². The molecule has 3 heterocycles. The van der Waals surface area contributed by atoms with E-state index in [0.29, 0.717) is 28.4 Å². The van der Waals surface area contributed by atoms with Gasteiger partial charge in [-0.2, -0.15) is 0 Å². The third-order valence-electron chi connectivity index (χ3n) is 5.48. The highest BCUT2D eigenvalue weighted by Crippen LogP contribution is 2.37. The number of pyridine rings is 1. The van der Waals surface area contributed by atoms with Crippen LogP contribution in [0.3, 0.4) is 0 Å². The van der Waals surface area contributed by atoms with Crippen LogP contribution in [0.2, 0.25) is 5.02 Å². The van der Waals surface area contributed by atoms with Crippen LogP contribution in [0.5, 0.6) is 0 Å². The van der Waals surface area contributed by atoms with Gasteiger partial charge in [0.2, 0.25) is 0 Å². The summed E-state index contributed by atoms with van der Waals surface area (Å²) in [6.07, 6.45) is 4.34. The molecule has 1 fully saturated rings. The monoisotopic (exact) mass is 438 g/mol. The summed E-state index contributed by atoms with van der Waals surface area (Å²) in [6.45, 7) is 1.78. The topological polar surface area (TPSA) is 72.4 Å². The maximum Gasteiger partial charge on any atom is 0.261 e. The van der Waals surface area contributed by atoms with Gasteiger partial charge in [0.15, 0.2) is 0 Å². The van der Waals surface area contributed by atoms with Gasteiger partial charge in [0.1, 0.15) is 5.65 Å². The quantitative estimate of drug-likeness (QED) is 0.629. The van der Waals surface area contributed by atoms with E-state index in [1.807, 2.05) is 17.5 Å². The highest BCUT2D eigenvalue weighted by molar-refractivity contribution is 7.14. The Kier molecular flexibility index (Phi) is 5.35. The first-order valence-corrected chi connectivity index (χ1v) is 10.6. The molecule has 2 atom stereocenters. The van der Waals surface area contributed by atoms with E-state index >= 15 is 0 Å². The van der Waals surface area contributed by atoms with Crippen molar-refractivity contribution in [2.45, 2.75) is 38.2 Å². The molecular weight excluding hydrogens is 418 g/mol. The second kappa shape index (κ2) is 7.66. The van der Waals surface area contributed by atoms with Crippen LogP contribution in [-0.2, 0) is 0 Å². The number of carbonyl (C=O) groups excluding carboxylic acids is 1. The molecule has 4 rings (SSSR count). The van der Waals surface area contributed by atoms with Crippen LogP contribution >= 0.6 is 22.9 Å². The summed E-state index contributed by atoms with van der Waals surface area (Å²) in [5, 5.41) is 3.25. The predicted octanol–water partition coefficient (Wildman–Crippen LogP) is 4.52. The lowest BCUT2D eigenvalue weighted by Crippen LogP contribution is -2.51. The molecule has 154 valence electrons. The highest BCUT2D eigenvalue weighted by atomic mass is 35.5. The number of halogens is 3. The molecule has 29 heavy (non-hydrogen) atoms. The molecule has 3 N–H and O–H groups in total. The average molecular weight is 439 g/mol. The molecule has 0 bridgehead atoms. The minimum absolute atomic E-state index is 0.132. The number of alkyl halides is 2. The molecule has 0 radical (unpaired) electrons. The largest absolute Gasteiger partial charge is 0.351 e. The number of nitrogens with one attached hydrogen (secondary N) is 1. The molecule has 9 heteroatoms. The molecule has 1 amide bonds. The number of rotatable bonds is 4. The summed E-state index contributed by atoms with van der Waals surface area (Å²) in [4.78, 5) is 18.4. The Balaban J connectivity index is 1.53. The molecule has 0 aliphatic heterocycles. The molecular formula is C20H21ClF2N4OS. The first-order valence-electron chi connectivity index (χ1n) is 9.41. The zero-order chi connectivity index (χ0) is 20.8. The van der Waals surface area contributed by atoms with Gasteiger partial charge in [0, 0.05) is 46.7 Å². The van der Waals surface area contributed by atoms with Crippen molar-refractivity contribution in [3.05, 3.63) is 45.4 Å². The van der Waals surface area contributed by atoms with E-state index in [1.54, 1.807) is 24.4 Å². The lowest BCUT2D eigenvalue weighted by molar-refractivity contribution is -0.0908. The maximum atomic E-state index is 14.2. The van der Waals surface area contributed by atoms with Crippen molar-refractivity contribution in [3.8, 4) is 11.3 Å². The van der Waals surface area contributed by atoms with E-state index in [9.17, 15) is 13.6 Å². The standard InChI is InChI=1S/C20H21ClF2N4OS/c1-11-13(16-10-25-18-7-12(21)4-6-27(16)18)8-17(29-11)19(28)26-9-14-15(24)3-2-5-20(14,22)23/h4,6-8,10,14-15H,2-3,5,9,24H2,1H3,(H,26,28)/t14?,15-/m0/s1. The minimum atomic E-state index is -2.85. The highest BCUT2D eigenvalue weighted by Gasteiger charge is 2.45. The number of nitrogens with zero attached hydrogens (tertiary/aromatic N) is 2. The molecule has 1 aliphatic rings. The minimum Gasteiger partial charge on any atom is -0.351 e. The Morgan fingerprint density at radius 3 is 3.03 bits per heavy atom. The van der Waals surface area contributed by atoms with Gasteiger partial charge in [-0.25, -0.2) is 13.8 Å². The molecule has 3 aromatic rings. The van der Waals surface area contributed by atoms with Crippen molar-refractivity contribution in [2.75, 3.05) is 6.54 Å². The number of amides is 1. The molecule has 1 aliphatic carbocycles. The normalized spacial score (nSPS) is 21.4. The van der Waals surface area contributed by atoms with Crippen molar-refractivity contribution in [3.63, 3.8) is 0 Å². The van der Waals surface area contributed by atoms with Gasteiger partial charge >= 0.3 is 0 Å². The maximum absolute atomic E-state index is 14.2. The van der Waals surface area contributed by atoms with Gasteiger partial charge in [-0.1, -0.05) is 11.6 Å². The van der Waals surface area contributed by atoms with Crippen molar-refractivity contribution < 1.29 is 13.6 Å². The van der Waals surface area contributed by atoms with E-state index in [2.05, 4.69) is 10.3 Å². The number of hydrogen-bond acceptors (Lipinski definition) is 4. The number of imidazole rings is 1. The molecule has 0 aromatic carbocycles. The average Bonchev–Trinajstić information content (AvgIpc) is 3.23. The fourth-order valence-electron chi connectivity index (χ4n) is 3.87. The van der Waals surface area contributed by atoms with Gasteiger partial charge in [0.05, 0.1) is 22.7 Å². The molecule has 0 saturated heterocycles. The number of aryl methyl sites for hydroxylation is 1. The molecule has 0 spiro atoms. The smallest absolute Gasteiger partial charge is 0.261 e. The Hall–Kier alpha value is -2.03. The number of thiophene rings is 1. The first-order chi connectivity index (χ1) is 13.8. The molecule has 1 unspecified atom stereocenters. The van der Waals surface area contributed by atoms with E-state index in [4.69, 9.17) is 17.3 Å². The number of hydrogen-bond donors (Lipinski definition) is 2. The summed E-state index contributed by atoms with van der Waals surface area (Å²) in [5.41, 5.74) is 8.30. The van der Waals surface area contributed by atoms with Crippen LogP contribution in [-0.4, -0.2) is 33.8 Å². The molecule has 3 aromatic heterocycles. The third-order valence-corrected chi connectivity index (χ3v) is 6.77. The van der Waals surface area contributed by atoms with Gasteiger partial charge in [-0.15, -0.1) is 11.3 Å². The first kappa shape index (κ1) is 20.3. The van der Waals surface area contributed by atoms with Crippen LogP contribution in [0, 0.1) is 12.8 Å². The van der Waals surface area contributed by atoms with E-state index in [1.165, 1.54) is 11.3 Å². The summed E-state index contributed by atoms with van der Waals surface area (Å²) >= 11 is 7.34. The fraction of sp³-hybridized carbons (Fsp3) is 0.400. The lowest BCUT2D eigenvalue weighted by Gasteiger charge is -2.36. The Morgan fingerprint density at radius 1 is 1.48 bits per heavy atom. The molecule has 1 saturated carbocycles. The summed E-state index contributed by atoms with van der Waals surface area (Å²) in [6, 6.07) is 4.69. The SMILES string of the molecule is Cc1sc(C(=O)NCC2[C@@H](N)CCCC2(F)F)cc1-c1cnc2cc(Cl)ccn12. The van der Waals surface area contributed by atoms with Crippen molar-refractivity contribution >= 4 is 34.5 Å². The Labute approximate surface area is 175 Å². The summed E-state index contributed by atoms with van der Waals surface area (Å²) < 4.78 is 30.2. The van der Waals surface area contributed by atoms with Gasteiger partial charge in [0.25, 0.3) is 11.8 Å². The lowest BCUT2D eigenvalue weighted by atomic mass is 9.81. The van der Waals surface area contributed by atoms with Crippen LogP contribution in [0.4, 0.5) is 8.78 Å². The van der Waals surface area contributed by atoms with E-state index < -0.39 is 17.9 Å². The fourth-order valence-corrected chi connectivity index (χ4v) is 4.97. The number of aromatic nitrogens is 2. The Morgan fingerprint density at radius 2 is 2.28 bits per heavy atom. The van der Waals surface area contributed by atoms with Crippen LogP contribution in [0.25, 0.3) is 16.9 Å². The summed E-state index contributed by atoms with van der Waals surface area (Å²) in [5.74, 6) is -4.25. The van der Waals surface area contributed by atoms with Crippen LogP contribution in [0.15, 0.2) is 30.6 Å². The number of fused-ring (bicyclic) bond motifs is 1. The summed E-state index contributed by atoms with van der Waals surface area (Å²) in [7, 11) is 0. The van der Waals surface area contributed by atoms with E-state index in [0.717, 1.165) is 16.1 Å². The van der Waals surface area contributed by atoms with Crippen LogP contribution < -0.4 is 11.1 Å². The Bertz CT molecular complexity index is 1060. The predicted molar refractivity (Wildman–Crippen MR) is 111 cm³/mol. The van der Waals surface area contributed by atoms with Crippen molar-refractivity contribution in [1.29, 1.82) is 0 Å². The van der Waals surface area contributed by atoms with Gasteiger partial charge in [-0.05, 0) is 31.9 Å². The zero-order valence-electron chi connectivity index (χ0n) is 15.8. The second-order valence-electron chi connectivity index (χ2n) is 7.43. The van der Waals surface area contributed by atoms with Crippen molar-refractivity contribution in [1.82, 2.24) is 14.7 Å².